The molecule has 2 amide bonds. The second-order valence-corrected chi connectivity index (χ2v) is 8.97. The van der Waals surface area contributed by atoms with Crippen LogP contribution in [0, 0.1) is 0 Å². The molecule has 7 nitrogen and oxygen atoms in total. The Morgan fingerprint density at radius 1 is 0.971 bits per heavy atom. The van der Waals surface area contributed by atoms with E-state index in [-0.39, 0.29) is 17.0 Å². The van der Waals surface area contributed by atoms with Crippen LogP contribution in [0.1, 0.15) is 15.9 Å². The van der Waals surface area contributed by atoms with Crippen molar-refractivity contribution in [2.24, 2.45) is 0 Å². The summed E-state index contributed by atoms with van der Waals surface area (Å²) in [7, 11) is 0. The molecule has 0 aliphatic carbocycles. The summed E-state index contributed by atoms with van der Waals surface area (Å²) in [4.78, 5) is 41.4. The summed E-state index contributed by atoms with van der Waals surface area (Å²) in [5.74, 6) is -1.76. The molecule has 0 spiro atoms. The van der Waals surface area contributed by atoms with Gasteiger partial charge in [-0.2, -0.15) is 0 Å². The predicted molar refractivity (Wildman–Crippen MR) is 138 cm³/mol. The van der Waals surface area contributed by atoms with Gasteiger partial charge in [-0.25, -0.2) is 4.79 Å². The monoisotopic (exact) mass is 553 g/mol. The number of amides is 2. The standard InChI is InChI=1S/C26H21BrClN3O4/c27-19-9-3-6-12-22(19)30-24(32)15-35-26(34)23(31-25(33)18-8-1-4-10-20(18)28)13-16-14-29-21-11-5-2-7-17(16)21/h1-12,14,23,29H,13,15H2,(H,30,32)(H,31,33)/t23-/m0/s1. The Hall–Kier alpha value is -3.62. The van der Waals surface area contributed by atoms with Gasteiger partial charge in [0.2, 0.25) is 0 Å². The average molecular weight is 555 g/mol. The Kier molecular flexibility index (Phi) is 7.84. The van der Waals surface area contributed by atoms with Crippen LogP contribution < -0.4 is 10.6 Å². The van der Waals surface area contributed by atoms with Gasteiger partial charge < -0.3 is 20.4 Å². The molecule has 3 aromatic carbocycles. The molecule has 0 saturated heterocycles. The molecule has 3 N–H and O–H groups in total. The smallest absolute Gasteiger partial charge is 0.329 e. The van der Waals surface area contributed by atoms with Crippen LogP contribution in [0.3, 0.4) is 0 Å². The van der Waals surface area contributed by atoms with E-state index >= 15 is 0 Å². The molecule has 0 aliphatic heterocycles. The Morgan fingerprint density at radius 3 is 2.49 bits per heavy atom. The topological polar surface area (TPSA) is 100 Å². The lowest BCUT2D eigenvalue weighted by Crippen LogP contribution is -2.44. The second-order valence-electron chi connectivity index (χ2n) is 7.71. The van der Waals surface area contributed by atoms with Gasteiger partial charge in [-0.05, 0) is 51.8 Å². The number of nitrogens with one attached hydrogen (secondary N) is 3. The van der Waals surface area contributed by atoms with Crippen LogP contribution in [0.15, 0.2) is 83.5 Å². The van der Waals surface area contributed by atoms with Gasteiger partial charge in [-0.1, -0.05) is 54.1 Å². The maximum atomic E-state index is 13.0. The van der Waals surface area contributed by atoms with Crippen LogP contribution in [0.2, 0.25) is 5.02 Å². The van der Waals surface area contributed by atoms with Gasteiger partial charge >= 0.3 is 5.97 Å². The molecule has 1 atom stereocenters. The lowest BCUT2D eigenvalue weighted by molar-refractivity contribution is -0.149. The molecule has 1 aromatic heterocycles. The lowest BCUT2D eigenvalue weighted by Gasteiger charge is -2.18. The van der Waals surface area contributed by atoms with E-state index in [9.17, 15) is 14.4 Å². The lowest BCUT2D eigenvalue weighted by atomic mass is 10.0. The minimum absolute atomic E-state index is 0.158. The number of anilines is 1. The van der Waals surface area contributed by atoms with Gasteiger partial charge in [0.1, 0.15) is 6.04 Å². The van der Waals surface area contributed by atoms with E-state index in [4.69, 9.17) is 16.3 Å². The number of fused-ring (bicyclic) bond motifs is 1. The SMILES string of the molecule is O=C(COC(=O)[C@H](Cc1c[nH]c2ccccc12)NC(=O)c1ccccc1Cl)Nc1ccccc1Br. The molecule has 0 aliphatic rings. The Labute approximate surface area is 214 Å². The first-order valence-electron chi connectivity index (χ1n) is 10.7. The zero-order valence-electron chi connectivity index (χ0n) is 18.4. The van der Waals surface area contributed by atoms with Gasteiger partial charge in [0.05, 0.1) is 16.3 Å². The fourth-order valence-electron chi connectivity index (χ4n) is 3.58. The van der Waals surface area contributed by atoms with Crippen LogP contribution in [-0.2, 0) is 20.7 Å². The van der Waals surface area contributed by atoms with Gasteiger partial charge in [-0.15, -0.1) is 0 Å². The third kappa shape index (κ3) is 6.09. The number of hydrogen-bond donors (Lipinski definition) is 3. The number of H-pyrrole nitrogens is 1. The van der Waals surface area contributed by atoms with Crippen molar-refractivity contribution >= 4 is 61.9 Å². The highest BCUT2D eigenvalue weighted by atomic mass is 79.9. The summed E-state index contributed by atoms with van der Waals surface area (Å²) in [6, 6.07) is 20.2. The van der Waals surface area contributed by atoms with E-state index in [0.717, 1.165) is 16.5 Å². The second kappa shape index (κ2) is 11.2. The van der Waals surface area contributed by atoms with Crippen molar-refractivity contribution in [3.63, 3.8) is 0 Å². The number of halogens is 2. The molecule has 0 radical (unpaired) electrons. The summed E-state index contributed by atoms with van der Waals surface area (Å²) in [6.07, 6.45) is 1.94. The fraction of sp³-hybridized carbons (Fsp3) is 0.115. The zero-order valence-corrected chi connectivity index (χ0v) is 20.7. The molecule has 1 heterocycles. The van der Waals surface area contributed by atoms with Crippen LogP contribution in [-0.4, -0.2) is 35.4 Å². The summed E-state index contributed by atoms with van der Waals surface area (Å²) >= 11 is 9.51. The highest BCUT2D eigenvalue weighted by Gasteiger charge is 2.26. The maximum absolute atomic E-state index is 13.0. The quantitative estimate of drug-likeness (QED) is 0.264. The molecule has 0 bridgehead atoms. The highest BCUT2D eigenvalue weighted by Crippen LogP contribution is 2.22. The Morgan fingerprint density at radius 2 is 1.69 bits per heavy atom. The number of benzene rings is 3. The number of esters is 1. The highest BCUT2D eigenvalue weighted by molar-refractivity contribution is 9.10. The van der Waals surface area contributed by atoms with Crippen LogP contribution in [0.25, 0.3) is 10.9 Å². The van der Waals surface area contributed by atoms with Crippen molar-refractivity contribution < 1.29 is 19.1 Å². The Bertz CT molecular complexity index is 1390. The van der Waals surface area contributed by atoms with Gasteiger partial charge in [0.15, 0.2) is 6.61 Å². The third-order valence-electron chi connectivity index (χ3n) is 5.30. The van der Waals surface area contributed by atoms with E-state index in [2.05, 4.69) is 31.5 Å². The van der Waals surface area contributed by atoms with Crippen LogP contribution >= 0.6 is 27.5 Å². The minimum atomic E-state index is -1.05. The van der Waals surface area contributed by atoms with Crippen molar-refractivity contribution in [2.45, 2.75) is 12.5 Å². The Balaban J connectivity index is 1.49. The number of para-hydroxylation sites is 2. The summed E-state index contributed by atoms with van der Waals surface area (Å²) in [5, 5.41) is 6.57. The van der Waals surface area contributed by atoms with Crippen molar-refractivity contribution in [1.82, 2.24) is 10.3 Å². The number of carbonyl (C=O) groups excluding carboxylic acids is 3. The average Bonchev–Trinajstić information content (AvgIpc) is 3.26. The molecule has 178 valence electrons. The first-order valence-corrected chi connectivity index (χ1v) is 11.9. The summed E-state index contributed by atoms with van der Waals surface area (Å²) < 4.78 is 5.98. The summed E-state index contributed by atoms with van der Waals surface area (Å²) in [6.45, 7) is -0.507. The van der Waals surface area contributed by atoms with Crippen molar-refractivity contribution in [2.75, 3.05) is 11.9 Å². The number of rotatable bonds is 8. The number of aromatic nitrogens is 1. The van der Waals surface area contributed by atoms with E-state index in [1.165, 1.54) is 0 Å². The van der Waals surface area contributed by atoms with Crippen molar-refractivity contribution in [1.29, 1.82) is 0 Å². The molecular weight excluding hydrogens is 534 g/mol. The zero-order chi connectivity index (χ0) is 24.8. The van der Waals surface area contributed by atoms with Gasteiger partial charge in [0.25, 0.3) is 11.8 Å². The molecular formula is C26H21BrClN3O4. The van der Waals surface area contributed by atoms with Crippen LogP contribution in [0.5, 0.6) is 0 Å². The van der Waals surface area contributed by atoms with Gasteiger partial charge in [0, 0.05) is 28.0 Å². The van der Waals surface area contributed by atoms with E-state index in [0.29, 0.717) is 10.2 Å². The number of ether oxygens (including phenoxy) is 1. The fourth-order valence-corrected chi connectivity index (χ4v) is 4.19. The van der Waals surface area contributed by atoms with Crippen molar-refractivity contribution in [3.8, 4) is 0 Å². The number of hydrogen-bond acceptors (Lipinski definition) is 4. The molecule has 0 unspecified atom stereocenters. The molecule has 9 heteroatoms. The van der Waals surface area contributed by atoms with Crippen molar-refractivity contribution in [3.05, 3.63) is 99.6 Å². The number of carbonyl (C=O) groups is 3. The first kappa shape index (κ1) is 24.5. The van der Waals surface area contributed by atoms with Crippen LogP contribution in [0.4, 0.5) is 5.69 Å². The van der Waals surface area contributed by atoms with E-state index in [1.54, 1.807) is 48.7 Å². The normalized spacial score (nSPS) is 11.6. The molecule has 0 fully saturated rings. The first-order chi connectivity index (χ1) is 16.9. The molecule has 4 rings (SSSR count). The van der Waals surface area contributed by atoms with Gasteiger partial charge in [-0.3, -0.25) is 9.59 Å². The molecule has 4 aromatic rings. The minimum Gasteiger partial charge on any atom is -0.454 e. The third-order valence-corrected chi connectivity index (χ3v) is 6.32. The largest absolute Gasteiger partial charge is 0.454 e. The predicted octanol–water partition coefficient (Wildman–Crippen LogP) is 5.11. The summed E-state index contributed by atoms with van der Waals surface area (Å²) in [5.41, 5.74) is 2.51. The molecule has 35 heavy (non-hydrogen) atoms. The molecule has 0 saturated carbocycles. The van der Waals surface area contributed by atoms with E-state index in [1.807, 2.05) is 30.3 Å². The van der Waals surface area contributed by atoms with E-state index < -0.39 is 30.4 Å². The number of aromatic amines is 1. The maximum Gasteiger partial charge on any atom is 0.329 e.